The van der Waals surface area contributed by atoms with Gasteiger partial charge >= 0.3 is 0 Å². The Labute approximate surface area is 120 Å². The molecule has 0 radical (unpaired) electrons. The molecule has 114 valence electrons. The Hall–Kier alpha value is -1.14. The third-order valence-electron chi connectivity index (χ3n) is 3.10. The fraction of sp³-hybridized carbons (Fsp3) is 0.571. The number of unbranched alkanes of at least 4 members (excludes halogenated alkanes) is 2. The molecule has 0 atom stereocenters. The Kier molecular flexibility index (Phi) is 6.42. The molecule has 0 fully saturated rings. The number of nitrogens with two attached hydrogens (primary N) is 1. The average molecular weight is 302 g/mol. The van der Waals surface area contributed by atoms with E-state index in [0.717, 1.165) is 31.7 Å². The lowest BCUT2D eigenvalue weighted by Crippen LogP contribution is -2.33. The van der Waals surface area contributed by atoms with E-state index in [1.807, 2.05) is 13.8 Å². The number of anilines is 1. The number of nitrogen functional groups attached to an aromatic ring is 1. The van der Waals surface area contributed by atoms with Crippen LogP contribution in [-0.2, 0) is 10.0 Å². The number of rotatable bonds is 8. The van der Waals surface area contributed by atoms with Gasteiger partial charge in [0, 0.05) is 18.8 Å². The highest BCUT2D eigenvalue weighted by atomic mass is 32.2. The summed E-state index contributed by atoms with van der Waals surface area (Å²) in [4.78, 5) is -0.329. The molecule has 1 aromatic carbocycles. The predicted molar refractivity (Wildman–Crippen MR) is 79.4 cm³/mol. The second-order valence-electron chi connectivity index (χ2n) is 4.80. The second-order valence-corrected chi connectivity index (χ2v) is 6.71. The first kappa shape index (κ1) is 16.9. The molecule has 0 saturated heterocycles. The third-order valence-corrected chi connectivity index (χ3v) is 5.01. The van der Waals surface area contributed by atoms with Crippen LogP contribution in [0.5, 0.6) is 0 Å². The van der Waals surface area contributed by atoms with E-state index in [1.165, 1.54) is 16.4 Å². The molecule has 1 aromatic rings. The van der Waals surface area contributed by atoms with Gasteiger partial charge in [-0.2, -0.15) is 4.31 Å². The number of hydrogen-bond donors (Lipinski definition) is 1. The minimum atomic E-state index is -3.82. The average Bonchev–Trinajstić information content (AvgIpc) is 2.41. The lowest BCUT2D eigenvalue weighted by atomic mass is 10.3. The number of halogens is 1. The van der Waals surface area contributed by atoms with Gasteiger partial charge < -0.3 is 5.73 Å². The second kappa shape index (κ2) is 7.59. The number of nitrogens with zero attached hydrogens (tertiary/aromatic N) is 1. The molecule has 0 bridgehead atoms. The summed E-state index contributed by atoms with van der Waals surface area (Å²) in [5, 5.41) is 0. The summed E-state index contributed by atoms with van der Waals surface area (Å²) in [7, 11) is -3.82. The van der Waals surface area contributed by atoms with Crippen molar-refractivity contribution in [1.29, 1.82) is 0 Å². The van der Waals surface area contributed by atoms with Crippen LogP contribution in [0.3, 0.4) is 0 Å². The van der Waals surface area contributed by atoms with Gasteiger partial charge in [0.2, 0.25) is 10.0 Å². The van der Waals surface area contributed by atoms with E-state index in [2.05, 4.69) is 0 Å². The van der Waals surface area contributed by atoms with Crippen LogP contribution in [0, 0.1) is 5.82 Å². The number of hydrogen-bond acceptors (Lipinski definition) is 3. The molecule has 0 aliphatic heterocycles. The Balaban J connectivity index is 3.10. The molecule has 0 spiro atoms. The van der Waals surface area contributed by atoms with E-state index < -0.39 is 15.8 Å². The van der Waals surface area contributed by atoms with Crippen LogP contribution in [0.15, 0.2) is 23.1 Å². The fourth-order valence-electron chi connectivity index (χ4n) is 1.88. The van der Waals surface area contributed by atoms with E-state index >= 15 is 0 Å². The molecule has 4 nitrogen and oxygen atoms in total. The summed E-state index contributed by atoms with van der Waals surface area (Å²) in [6.45, 7) is 4.80. The van der Waals surface area contributed by atoms with Gasteiger partial charge in [0.25, 0.3) is 0 Å². The predicted octanol–water partition coefficient (Wildman–Crippen LogP) is 3.00. The summed E-state index contributed by atoms with van der Waals surface area (Å²) in [6.07, 6.45) is 3.29. The summed E-state index contributed by atoms with van der Waals surface area (Å²) in [5.41, 5.74) is 5.82. The molecule has 0 aliphatic carbocycles. The summed E-state index contributed by atoms with van der Waals surface area (Å²) >= 11 is 0. The van der Waals surface area contributed by atoms with E-state index in [-0.39, 0.29) is 10.6 Å². The van der Waals surface area contributed by atoms with Crippen molar-refractivity contribution in [2.45, 2.75) is 44.4 Å². The largest absolute Gasteiger partial charge is 0.399 e. The van der Waals surface area contributed by atoms with Crippen molar-refractivity contribution in [1.82, 2.24) is 4.31 Å². The van der Waals surface area contributed by atoms with Crippen LogP contribution in [0.4, 0.5) is 10.1 Å². The van der Waals surface area contributed by atoms with E-state index in [4.69, 9.17) is 5.73 Å². The summed E-state index contributed by atoms with van der Waals surface area (Å²) < 4.78 is 40.3. The molecule has 20 heavy (non-hydrogen) atoms. The Morgan fingerprint density at radius 2 is 1.70 bits per heavy atom. The van der Waals surface area contributed by atoms with Crippen LogP contribution in [0.1, 0.15) is 39.5 Å². The van der Waals surface area contributed by atoms with Crippen LogP contribution in [-0.4, -0.2) is 25.8 Å². The zero-order valence-electron chi connectivity index (χ0n) is 12.1. The van der Waals surface area contributed by atoms with E-state index in [9.17, 15) is 12.8 Å². The van der Waals surface area contributed by atoms with Gasteiger partial charge in [-0.3, -0.25) is 0 Å². The monoisotopic (exact) mass is 302 g/mol. The summed E-state index contributed by atoms with van der Waals surface area (Å²) in [5.74, 6) is -0.753. The zero-order valence-corrected chi connectivity index (χ0v) is 12.9. The third kappa shape index (κ3) is 4.18. The molecular weight excluding hydrogens is 279 g/mol. The van der Waals surface area contributed by atoms with E-state index in [0.29, 0.717) is 13.1 Å². The Bertz CT molecular complexity index is 524. The van der Waals surface area contributed by atoms with Gasteiger partial charge in [0.1, 0.15) is 10.7 Å². The molecule has 0 heterocycles. The van der Waals surface area contributed by atoms with Crippen molar-refractivity contribution in [2.75, 3.05) is 18.8 Å². The van der Waals surface area contributed by atoms with Crippen LogP contribution < -0.4 is 5.73 Å². The fourth-order valence-corrected chi connectivity index (χ4v) is 3.49. The maximum absolute atomic E-state index is 13.8. The van der Waals surface area contributed by atoms with Gasteiger partial charge in [-0.15, -0.1) is 0 Å². The molecule has 0 aromatic heterocycles. The molecule has 6 heteroatoms. The maximum Gasteiger partial charge on any atom is 0.246 e. The van der Waals surface area contributed by atoms with E-state index in [1.54, 1.807) is 0 Å². The lowest BCUT2D eigenvalue weighted by Gasteiger charge is -2.22. The zero-order chi connectivity index (χ0) is 15.2. The van der Waals surface area contributed by atoms with Gasteiger partial charge in [0.05, 0.1) is 0 Å². The Morgan fingerprint density at radius 1 is 1.15 bits per heavy atom. The molecule has 1 rings (SSSR count). The van der Waals surface area contributed by atoms with Crippen LogP contribution >= 0.6 is 0 Å². The van der Waals surface area contributed by atoms with Crippen molar-refractivity contribution < 1.29 is 12.8 Å². The summed E-state index contributed by atoms with van der Waals surface area (Å²) in [6, 6.07) is 3.65. The van der Waals surface area contributed by atoms with Crippen molar-refractivity contribution >= 4 is 15.7 Å². The van der Waals surface area contributed by atoms with Gasteiger partial charge in [-0.05, 0) is 31.0 Å². The first-order valence-corrected chi connectivity index (χ1v) is 8.42. The van der Waals surface area contributed by atoms with Crippen molar-refractivity contribution in [3.63, 3.8) is 0 Å². The SMILES string of the molecule is CCCCN(CCCC)S(=O)(=O)c1cc(N)ccc1F. The molecule has 0 saturated carbocycles. The first-order chi connectivity index (χ1) is 9.43. The van der Waals surface area contributed by atoms with Crippen LogP contribution in [0.2, 0.25) is 0 Å². The quantitative estimate of drug-likeness (QED) is 0.751. The Morgan fingerprint density at radius 3 is 2.20 bits per heavy atom. The molecular formula is C14H23FN2O2S. The normalized spacial score (nSPS) is 12.0. The smallest absolute Gasteiger partial charge is 0.246 e. The number of benzene rings is 1. The highest BCUT2D eigenvalue weighted by Crippen LogP contribution is 2.22. The van der Waals surface area contributed by atoms with Gasteiger partial charge in [0.15, 0.2) is 0 Å². The van der Waals surface area contributed by atoms with Crippen molar-refractivity contribution in [2.24, 2.45) is 0 Å². The minimum Gasteiger partial charge on any atom is -0.399 e. The highest BCUT2D eigenvalue weighted by molar-refractivity contribution is 7.89. The lowest BCUT2D eigenvalue weighted by molar-refractivity contribution is 0.392. The highest BCUT2D eigenvalue weighted by Gasteiger charge is 2.26. The number of sulfonamides is 1. The molecule has 2 N–H and O–H groups in total. The molecule has 0 amide bonds. The molecule has 0 aliphatic rings. The minimum absolute atomic E-state index is 0.246. The van der Waals surface area contributed by atoms with Gasteiger partial charge in [-0.25, -0.2) is 12.8 Å². The van der Waals surface area contributed by atoms with Crippen molar-refractivity contribution in [3.05, 3.63) is 24.0 Å². The standard InChI is InChI=1S/C14H23FN2O2S/c1-3-5-9-17(10-6-4-2)20(18,19)14-11-12(16)7-8-13(14)15/h7-8,11H,3-6,9-10,16H2,1-2H3. The van der Waals surface area contributed by atoms with Crippen molar-refractivity contribution in [3.8, 4) is 0 Å². The maximum atomic E-state index is 13.8. The molecule has 0 unspecified atom stereocenters. The van der Waals surface area contributed by atoms with Gasteiger partial charge in [-0.1, -0.05) is 26.7 Å². The van der Waals surface area contributed by atoms with Crippen LogP contribution in [0.25, 0.3) is 0 Å². The first-order valence-electron chi connectivity index (χ1n) is 6.98. The topological polar surface area (TPSA) is 63.4 Å².